The smallest absolute Gasteiger partial charge is 0.253 e. The Balaban J connectivity index is 1.60. The Morgan fingerprint density at radius 3 is 2.33 bits per heavy atom. The van der Waals surface area contributed by atoms with E-state index in [1.165, 1.54) is 0 Å². The molecule has 30 heavy (non-hydrogen) atoms. The number of ether oxygens (including phenoxy) is 2. The van der Waals surface area contributed by atoms with Gasteiger partial charge in [0.05, 0.1) is 18.9 Å². The highest BCUT2D eigenvalue weighted by Crippen LogP contribution is 2.31. The summed E-state index contributed by atoms with van der Waals surface area (Å²) in [5.41, 5.74) is 1.21. The summed E-state index contributed by atoms with van der Waals surface area (Å²) in [6.45, 7) is 5.93. The Hall–Kier alpha value is -2.73. The van der Waals surface area contributed by atoms with Gasteiger partial charge in [0.1, 0.15) is 11.5 Å². The van der Waals surface area contributed by atoms with E-state index in [4.69, 9.17) is 21.1 Å². The normalized spacial score (nSPS) is 14.3. The molecule has 0 radical (unpaired) electrons. The van der Waals surface area contributed by atoms with Crippen molar-refractivity contribution in [3.05, 3.63) is 53.1 Å². The van der Waals surface area contributed by atoms with Crippen LogP contribution in [-0.4, -0.2) is 43.0 Å². The van der Waals surface area contributed by atoms with Crippen LogP contribution >= 0.6 is 11.6 Å². The Kier molecular flexibility index (Phi) is 7.57. The molecule has 0 saturated carbocycles. The average molecular weight is 431 g/mol. The average Bonchev–Trinajstić information content (AvgIpc) is 2.76. The minimum absolute atomic E-state index is 0.0337. The number of amides is 2. The lowest BCUT2D eigenvalue weighted by atomic mass is 9.95. The summed E-state index contributed by atoms with van der Waals surface area (Å²) >= 11 is 5.89. The number of nitrogens with zero attached hydrogens (tertiary/aromatic N) is 1. The molecule has 2 aromatic rings. The fourth-order valence-corrected chi connectivity index (χ4v) is 3.63. The maximum absolute atomic E-state index is 12.9. The first-order chi connectivity index (χ1) is 14.5. The van der Waals surface area contributed by atoms with E-state index < -0.39 is 0 Å². The number of likely N-dealkylation sites (tertiary alicyclic amines) is 1. The summed E-state index contributed by atoms with van der Waals surface area (Å²) in [4.78, 5) is 27.3. The summed E-state index contributed by atoms with van der Waals surface area (Å²) in [6.07, 6.45) is 1.22. The molecule has 0 aromatic heterocycles. The van der Waals surface area contributed by atoms with Crippen LogP contribution < -0.4 is 14.8 Å². The van der Waals surface area contributed by atoms with Crippen molar-refractivity contribution >= 4 is 29.1 Å². The number of rotatable bonds is 7. The minimum atomic E-state index is -0.163. The fraction of sp³-hybridized carbons (Fsp3) is 0.391. The van der Waals surface area contributed by atoms with E-state index in [1.54, 1.807) is 41.3 Å². The highest BCUT2D eigenvalue weighted by Gasteiger charge is 2.28. The predicted octanol–water partition coefficient (Wildman–Crippen LogP) is 4.63. The number of benzene rings is 2. The van der Waals surface area contributed by atoms with E-state index in [1.807, 2.05) is 19.9 Å². The third-order valence-electron chi connectivity index (χ3n) is 5.06. The van der Waals surface area contributed by atoms with E-state index in [0.29, 0.717) is 66.9 Å². The van der Waals surface area contributed by atoms with Gasteiger partial charge in [-0.05, 0) is 63.1 Å². The molecule has 0 unspecified atom stereocenters. The van der Waals surface area contributed by atoms with Crippen molar-refractivity contribution in [2.75, 3.05) is 31.6 Å². The Bertz CT molecular complexity index is 877. The highest BCUT2D eigenvalue weighted by atomic mass is 35.5. The van der Waals surface area contributed by atoms with Crippen molar-refractivity contribution in [1.29, 1.82) is 0 Å². The van der Waals surface area contributed by atoms with E-state index in [2.05, 4.69) is 5.32 Å². The lowest BCUT2D eigenvalue weighted by Crippen LogP contribution is -2.41. The summed E-state index contributed by atoms with van der Waals surface area (Å²) < 4.78 is 11.2. The van der Waals surface area contributed by atoms with Gasteiger partial charge in [-0.15, -0.1) is 0 Å². The van der Waals surface area contributed by atoms with Crippen LogP contribution in [0, 0.1) is 5.92 Å². The van der Waals surface area contributed by atoms with Crippen LogP contribution in [0.3, 0.4) is 0 Å². The largest absolute Gasteiger partial charge is 0.494 e. The van der Waals surface area contributed by atoms with E-state index in [0.717, 1.165) is 0 Å². The van der Waals surface area contributed by atoms with Gasteiger partial charge in [0.15, 0.2) is 0 Å². The van der Waals surface area contributed by atoms with Gasteiger partial charge < -0.3 is 19.7 Å². The summed E-state index contributed by atoms with van der Waals surface area (Å²) in [5.74, 6) is 1.03. The number of carbonyl (C=O) groups excluding carboxylic acids is 2. The third kappa shape index (κ3) is 5.45. The molecule has 2 aromatic carbocycles. The number of nitrogens with one attached hydrogen (secondary N) is 1. The third-order valence-corrected chi connectivity index (χ3v) is 5.32. The molecule has 3 rings (SSSR count). The van der Waals surface area contributed by atoms with Gasteiger partial charge in [0.25, 0.3) is 5.91 Å². The quantitative estimate of drug-likeness (QED) is 0.695. The first-order valence-electron chi connectivity index (χ1n) is 10.3. The monoisotopic (exact) mass is 430 g/mol. The van der Waals surface area contributed by atoms with Crippen molar-refractivity contribution < 1.29 is 19.1 Å². The van der Waals surface area contributed by atoms with E-state index in [-0.39, 0.29) is 17.7 Å². The van der Waals surface area contributed by atoms with Crippen molar-refractivity contribution in [3.8, 4) is 11.5 Å². The van der Waals surface area contributed by atoms with Gasteiger partial charge in [0, 0.05) is 35.7 Å². The summed E-state index contributed by atoms with van der Waals surface area (Å²) in [5, 5.41) is 3.58. The van der Waals surface area contributed by atoms with Crippen LogP contribution in [0.5, 0.6) is 11.5 Å². The molecular formula is C23H27ClN2O4. The van der Waals surface area contributed by atoms with Gasteiger partial charge in [-0.25, -0.2) is 0 Å². The molecule has 160 valence electrons. The highest BCUT2D eigenvalue weighted by molar-refractivity contribution is 6.30. The van der Waals surface area contributed by atoms with Crippen LogP contribution in [-0.2, 0) is 4.79 Å². The number of hydrogen-bond donors (Lipinski definition) is 1. The van der Waals surface area contributed by atoms with Crippen LogP contribution in [0.25, 0.3) is 0 Å². The van der Waals surface area contributed by atoms with Crippen molar-refractivity contribution in [2.24, 2.45) is 5.92 Å². The van der Waals surface area contributed by atoms with Gasteiger partial charge in [-0.2, -0.15) is 0 Å². The number of halogens is 1. The molecule has 1 saturated heterocycles. The van der Waals surface area contributed by atoms with E-state index in [9.17, 15) is 9.59 Å². The zero-order chi connectivity index (χ0) is 21.5. The maximum atomic E-state index is 12.9. The Morgan fingerprint density at radius 1 is 1.03 bits per heavy atom. The fourth-order valence-electron chi connectivity index (χ4n) is 3.50. The van der Waals surface area contributed by atoms with Gasteiger partial charge >= 0.3 is 0 Å². The molecule has 6 nitrogen and oxygen atoms in total. The second-order valence-electron chi connectivity index (χ2n) is 7.09. The Morgan fingerprint density at radius 2 is 1.70 bits per heavy atom. The molecule has 0 spiro atoms. The number of anilines is 1. The second-order valence-corrected chi connectivity index (χ2v) is 7.52. The zero-order valence-corrected chi connectivity index (χ0v) is 18.1. The number of carbonyl (C=O) groups is 2. The lowest BCUT2D eigenvalue weighted by molar-refractivity contribution is -0.121. The second kappa shape index (κ2) is 10.3. The number of hydrogen-bond acceptors (Lipinski definition) is 4. The van der Waals surface area contributed by atoms with Crippen LogP contribution in [0.1, 0.15) is 37.0 Å². The van der Waals surface area contributed by atoms with Crippen LogP contribution in [0.2, 0.25) is 5.02 Å². The molecule has 1 fully saturated rings. The maximum Gasteiger partial charge on any atom is 0.253 e. The predicted molar refractivity (Wildman–Crippen MR) is 117 cm³/mol. The molecule has 0 bridgehead atoms. The summed E-state index contributed by atoms with van der Waals surface area (Å²) in [7, 11) is 0. The molecule has 1 N–H and O–H groups in total. The number of piperidine rings is 1. The molecule has 7 heteroatoms. The van der Waals surface area contributed by atoms with Crippen molar-refractivity contribution in [2.45, 2.75) is 26.7 Å². The summed E-state index contributed by atoms with van der Waals surface area (Å²) in [6, 6.07) is 12.3. The molecule has 1 aliphatic rings. The SMILES string of the molecule is CCOc1ccc(OCC)c(NC(=O)C2CCN(C(=O)c3ccc(Cl)cc3)CC2)c1. The van der Waals surface area contributed by atoms with Crippen molar-refractivity contribution in [1.82, 2.24) is 4.90 Å². The van der Waals surface area contributed by atoms with Crippen LogP contribution in [0.15, 0.2) is 42.5 Å². The molecule has 1 heterocycles. The topological polar surface area (TPSA) is 67.9 Å². The van der Waals surface area contributed by atoms with Gasteiger partial charge in [0.2, 0.25) is 5.91 Å². The van der Waals surface area contributed by atoms with Crippen molar-refractivity contribution in [3.63, 3.8) is 0 Å². The van der Waals surface area contributed by atoms with Gasteiger partial charge in [-0.1, -0.05) is 11.6 Å². The first kappa shape index (κ1) is 22.0. The minimum Gasteiger partial charge on any atom is -0.494 e. The standard InChI is InChI=1S/C23H27ClN2O4/c1-3-29-19-9-10-21(30-4-2)20(15-19)25-22(27)16-11-13-26(14-12-16)23(28)17-5-7-18(24)8-6-17/h5-10,15-16H,3-4,11-14H2,1-2H3,(H,25,27). The molecular weight excluding hydrogens is 404 g/mol. The Labute approximate surface area is 182 Å². The molecule has 0 atom stereocenters. The molecule has 2 amide bonds. The van der Waals surface area contributed by atoms with E-state index >= 15 is 0 Å². The lowest BCUT2D eigenvalue weighted by Gasteiger charge is -2.31. The zero-order valence-electron chi connectivity index (χ0n) is 17.3. The van der Waals surface area contributed by atoms with Crippen LogP contribution in [0.4, 0.5) is 5.69 Å². The molecule has 1 aliphatic heterocycles. The first-order valence-corrected chi connectivity index (χ1v) is 10.6. The van der Waals surface area contributed by atoms with Gasteiger partial charge in [-0.3, -0.25) is 9.59 Å². The molecule has 0 aliphatic carbocycles.